The van der Waals surface area contributed by atoms with Crippen LogP contribution in [0.1, 0.15) is 30.7 Å². The van der Waals surface area contributed by atoms with E-state index in [4.69, 9.17) is 16.3 Å². The minimum Gasteiger partial charge on any atom is -0.464 e. The molecule has 1 aromatic heterocycles. The number of hydrogen-bond acceptors (Lipinski definition) is 5. The van der Waals surface area contributed by atoms with Crippen molar-refractivity contribution in [2.24, 2.45) is 5.92 Å². The molecule has 2 aromatic carbocycles. The summed E-state index contributed by atoms with van der Waals surface area (Å²) in [7, 11) is 0. The lowest BCUT2D eigenvalue weighted by molar-refractivity contribution is -0.147. The van der Waals surface area contributed by atoms with Crippen molar-refractivity contribution < 1.29 is 19.1 Å². The minimum absolute atomic E-state index is 0.171. The van der Waals surface area contributed by atoms with E-state index in [1.807, 2.05) is 69.3 Å². The molecule has 2 heterocycles. The molecule has 34 heavy (non-hydrogen) atoms. The number of rotatable bonds is 7. The lowest BCUT2D eigenvalue weighted by Gasteiger charge is -2.12. The summed E-state index contributed by atoms with van der Waals surface area (Å²) in [5, 5.41) is 1.18. The van der Waals surface area contributed by atoms with E-state index in [-0.39, 0.29) is 24.0 Å². The van der Waals surface area contributed by atoms with Gasteiger partial charge in [0.1, 0.15) is 6.54 Å². The zero-order chi connectivity index (χ0) is 24.4. The first-order valence-corrected chi connectivity index (χ1v) is 12.2. The SMILES string of the molecule is Cc1c(/C=C2\SC(=O)N(CC(=O)OCC(C)C)C2=O)c2ccccc2n1Cc1ccccc1Cl. The van der Waals surface area contributed by atoms with Crippen LogP contribution in [0.4, 0.5) is 4.79 Å². The number of ether oxygens (including phenoxy) is 1. The summed E-state index contributed by atoms with van der Waals surface area (Å²) in [4.78, 5) is 38.8. The third kappa shape index (κ3) is 4.91. The van der Waals surface area contributed by atoms with Crippen molar-refractivity contribution in [1.29, 1.82) is 0 Å². The van der Waals surface area contributed by atoms with E-state index in [1.54, 1.807) is 6.08 Å². The molecule has 0 N–H and O–H groups in total. The predicted molar refractivity (Wildman–Crippen MR) is 136 cm³/mol. The van der Waals surface area contributed by atoms with Crippen LogP contribution in [0, 0.1) is 12.8 Å². The van der Waals surface area contributed by atoms with E-state index >= 15 is 0 Å². The molecule has 0 radical (unpaired) electrons. The highest BCUT2D eigenvalue weighted by Crippen LogP contribution is 2.36. The van der Waals surface area contributed by atoms with Gasteiger partial charge in [-0.25, -0.2) is 0 Å². The third-order valence-corrected chi connectivity index (χ3v) is 6.86. The molecule has 176 valence electrons. The average molecular weight is 497 g/mol. The smallest absolute Gasteiger partial charge is 0.326 e. The molecule has 1 saturated heterocycles. The summed E-state index contributed by atoms with van der Waals surface area (Å²) in [6.45, 7) is 6.25. The molecule has 6 nitrogen and oxygen atoms in total. The zero-order valence-electron chi connectivity index (χ0n) is 19.2. The maximum atomic E-state index is 13.0. The molecule has 0 unspecified atom stereocenters. The number of imide groups is 1. The molecule has 1 aliphatic rings. The van der Waals surface area contributed by atoms with Crippen LogP contribution in [-0.2, 0) is 20.9 Å². The predicted octanol–water partition coefficient (Wildman–Crippen LogP) is 5.89. The number of amides is 2. The average Bonchev–Trinajstić information content (AvgIpc) is 3.22. The normalized spacial score (nSPS) is 15.2. The molecule has 0 saturated carbocycles. The topological polar surface area (TPSA) is 68.6 Å². The fourth-order valence-corrected chi connectivity index (χ4v) is 4.86. The fraction of sp³-hybridized carbons (Fsp3) is 0.269. The van der Waals surface area contributed by atoms with Gasteiger partial charge in [0.25, 0.3) is 11.1 Å². The minimum atomic E-state index is -0.593. The Hall–Kier alpha value is -3.03. The number of nitrogens with zero attached hydrogens (tertiary/aromatic N) is 2. The van der Waals surface area contributed by atoms with Crippen molar-refractivity contribution in [3.63, 3.8) is 0 Å². The Morgan fingerprint density at radius 1 is 1.12 bits per heavy atom. The van der Waals surface area contributed by atoms with Gasteiger partial charge in [-0.05, 0) is 48.4 Å². The molecule has 8 heteroatoms. The molecule has 2 amide bonds. The Bertz CT molecular complexity index is 1310. The third-order valence-electron chi connectivity index (χ3n) is 5.58. The largest absolute Gasteiger partial charge is 0.464 e. The molecule has 4 rings (SSSR count). The molecule has 0 bridgehead atoms. The summed E-state index contributed by atoms with van der Waals surface area (Å²) in [5.74, 6) is -0.909. The number of aromatic nitrogens is 1. The second-order valence-electron chi connectivity index (χ2n) is 8.54. The van der Waals surface area contributed by atoms with Crippen LogP contribution >= 0.6 is 23.4 Å². The van der Waals surface area contributed by atoms with Crippen LogP contribution in [0.2, 0.25) is 5.02 Å². The number of halogens is 1. The zero-order valence-corrected chi connectivity index (χ0v) is 20.8. The maximum absolute atomic E-state index is 13.0. The highest BCUT2D eigenvalue weighted by Gasteiger charge is 2.37. The summed E-state index contributed by atoms with van der Waals surface area (Å²) < 4.78 is 7.28. The monoisotopic (exact) mass is 496 g/mol. The molecule has 3 aromatic rings. The number of fused-ring (bicyclic) bond motifs is 1. The van der Waals surface area contributed by atoms with E-state index in [1.165, 1.54) is 0 Å². The second kappa shape index (κ2) is 10.1. The number of carbonyl (C=O) groups is 3. The molecule has 0 aliphatic carbocycles. The van der Waals surface area contributed by atoms with Gasteiger partial charge in [0.15, 0.2) is 0 Å². The van der Waals surface area contributed by atoms with Gasteiger partial charge >= 0.3 is 5.97 Å². The number of para-hydroxylation sites is 1. The van der Waals surface area contributed by atoms with E-state index in [9.17, 15) is 14.4 Å². The standard InChI is InChI=1S/C26H25ClN2O4S/c1-16(2)15-33-24(30)14-29-25(31)23(34-26(29)32)12-20-17(3)28(22-11-7-5-9-19(20)22)13-18-8-4-6-10-21(18)27/h4-12,16H,13-15H2,1-3H3/b23-12-. The summed E-state index contributed by atoms with van der Waals surface area (Å²) in [5.41, 5.74) is 3.79. The highest BCUT2D eigenvalue weighted by molar-refractivity contribution is 8.18. The van der Waals surface area contributed by atoms with Crippen molar-refractivity contribution >= 4 is 57.5 Å². The lowest BCUT2D eigenvalue weighted by atomic mass is 10.1. The Kier molecular flexibility index (Phi) is 7.14. The number of carbonyl (C=O) groups excluding carboxylic acids is 3. The first kappa shape index (κ1) is 24.1. The van der Waals surface area contributed by atoms with E-state index in [0.717, 1.165) is 44.4 Å². The number of thioether (sulfide) groups is 1. The van der Waals surface area contributed by atoms with Crippen molar-refractivity contribution in [3.05, 3.63) is 75.3 Å². The van der Waals surface area contributed by atoms with Gasteiger partial charge in [0.05, 0.1) is 11.5 Å². The Balaban J connectivity index is 1.65. The van der Waals surface area contributed by atoms with Gasteiger partial charge in [-0.1, -0.05) is 61.8 Å². The Labute approximate surface area is 207 Å². The van der Waals surface area contributed by atoms with Crippen molar-refractivity contribution in [2.75, 3.05) is 13.2 Å². The highest BCUT2D eigenvalue weighted by atomic mass is 35.5. The van der Waals surface area contributed by atoms with Crippen LogP contribution in [0.3, 0.4) is 0 Å². The van der Waals surface area contributed by atoms with Crippen molar-refractivity contribution in [2.45, 2.75) is 27.3 Å². The van der Waals surface area contributed by atoms with Gasteiger partial charge in [-0.2, -0.15) is 0 Å². The Morgan fingerprint density at radius 3 is 2.56 bits per heavy atom. The van der Waals surface area contributed by atoms with Gasteiger partial charge < -0.3 is 9.30 Å². The van der Waals surface area contributed by atoms with Crippen LogP contribution in [0.25, 0.3) is 17.0 Å². The molecule has 0 atom stereocenters. The van der Waals surface area contributed by atoms with E-state index < -0.39 is 17.1 Å². The molecular weight excluding hydrogens is 472 g/mol. The maximum Gasteiger partial charge on any atom is 0.326 e. The lowest BCUT2D eigenvalue weighted by Crippen LogP contribution is -2.34. The molecular formula is C26H25ClN2O4S. The molecule has 0 spiro atoms. The first-order valence-electron chi connectivity index (χ1n) is 11.0. The van der Waals surface area contributed by atoms with E-state index in [2.05, 4.69) is 4.57 Å². The van der Waals surface area contributed by atoms with Gasteiger partial charge in [0.2, 0.25) is 0 Å². The quantitative estimate of drug-likeness (QED) is 0.301. The number of benzene rings is 2. The molecule has 1 fully saturated rings. The summed E-state index contributed by atoms with van der Waals surface area (Å²) in [6, 6.07) is 15.6. The summed E-state index contributed by atoms with van der Waals surface area (Å²) in [6.07, 6.45) is 1.74. The first-order chi connectivity index (χ1) is 16.3. The molecule has 1 aliphatic heterocycles. The number of esters is 1. The van der Waals surface area contributed by atoms with Crippen molar-refractivity contribution in [1.82, 2.24) is 9.47 Å². The number of hydrogen-bond donors (Lipinski definition) is 0. The second-order valence-corrected chi connectivity index (χ2v) is 9.94. The van der Waals surface area contributed by atoms with Crippen LogP contribution in [-0.4, -0.2) is 39.7 Å². The van der Waals surface area contributed by atoms with Crippen LogP contribution in [0.5, 0.6) is 0 Å². The fourth-order valence-electron chi connectivity index (χ4n) is 3.84. The van der Waals surface area contributed by atoms with Gasteiger partial charge in [0, 0.05) is 33.7 Å². The van der Waals surface area contributed by atoms with Gasteiger partial charge in [-0.3, -0.25) is 19.3 Å². The Morgan fingerprint density at radius 2 is 1.82 bits per heavy atom. The van der Waals surface area contributed by atoms with E-state index in [0.29, 0.717) is 11.6 Å². The van der Waals surface area contributed by atoms with Crippen molar-refractivity contribution in [3.8, 4) is 0 Å². The summed E-state index contributed by atoms with van der Waals surface area (Å²) >= 11 is 7.24. The van der Waals surface area contributed by atoms with Crippen LogP contribution in [0.15, 0.2) is 53.4 Å². The van der Waals surface area contributed by atoms with Crippen LogP contribution < -0.4 is 0 Å². The van der Waals surface area contributed by atoms with Gasteiger partial charge in [-0.15, -0.1) is 0 Å².